The third-order valence-corrected chi connectivity index (χ3v) is 4.88. The number of urea groups is 1. The number of nitrogens with zero attached hydrogens (tertiary/aromatic N) is 2. The van der Waals surface area contributed by atoms with E-state index in [0.29, 0.717) is 31.7 Å². The number of piperazine rings is 1. The number of amides is 3. The molecule has 5 heteroatoms. The van der Waals surface area contributed by atoms with Crippen LogP contribution in [-0.2, 0) is 5.41 Å². The maximum Gasteiger partial charge on any atom is 0.321 e. The molecule has 0 saturated carbocycles. The predicted molar refractivity (Wildman–Crippen MR) is 108 cm³/mol. The van der Waals surface area contributed by atoms with Crippen LogP contribution in [0.25, 0.3) is 0 Å². The molecule has 1 heterocycles. The minimum atomic E-state index is -0.122. The first kappa shape index (κ1) is 19.0. The van der Waals surface area contributed by atoms with Gasteiger partial charge in [-0.3, -0.25) is 4.79 Å². The van der Waals surface area contributed by atoms with Gasteiger partial charge >= 0.3 is 6.03 Å². The molecule has 1 N–H and O–H groups in total. The first-order chi connectivity index (χ1) is 12.8. The number of carbonyl (C=O) groups excluding carboxylic acids is 2. The van der Waals surface area contributed by atoms with E-state index in [9.17, 15) is 9.59 Å². The zero-order valence-corrected chi connectivity index (χ0v) is 16.2. The van der Waals surface area contributed by atoms with Crippen molar-refractivity contribution in [2.45, 2.75) is 26.2 Å². The molecule has 0 radical (unpaired) electrons. The Labute approximate surface area is 161 Å². The quantitative estimate of drug-likeness (QED) is 0.875. The lowest BCUT2D eigenvalue weighted by Crippen LogP contribution is -2.51. The Hall–Kier alpha value is -2.82. The summed E-state index contributed by atoms with van der Waals surface area (Å²) in [5, 5.41) is 2.89. The van der Waals surface area contributed by atoms with Gasteiger partial charge in [0.25, 0.3) is 5.91 Å². The van der Waals surface area contributed by atoms with E-state index < -0.39 is 0 Å². The Bertz CT molecular complexity index is 787. The number of hydrogen-bond acceptors (Lipinski definition) is 2. The van der Waals surface area contributed by atoms with Crippen LogP contribution in [0.5, 0.6) is 0 Å². The van der Waals surface area contributed by atoms with Crippen LogP contribution in [0.4, 0.5) is 10.5 Å². The van der Waals surface area contributed by atoms with Crippen molar-refractivity contribution in [2.24, 2.45) is 0 Å². The molecule has 0 bridgehead atoms. The standard InChI is InChI=1S/C22H27N3O2/c1-22(2,3)18-11-9-17(10-12-18)20(26)24-13-15-25(16-14-24)21(27)23-19-7-5-4-6-8-19/h4-12H,13-16H2,1-3H3,(H,23,27). The molecule has 0 aliphatic carbocycles. The van der Waals surface area contributed by atoms with Gasteiger partial charge in [-0.15, -0.1) is 0 Å². The summed E-state index contributed by atoms with van der Waals surface area (Å²) >= 11 is 0. The molecule has 0 unspecified atom stereocenters. The fourth-order valence-electron chi connectivity index (χ4n) is 3.13. The first-order valence-corrected chi connectivity index (χ1v) is 9.35. The number of carbonyl (C=O) groups is 2. The van der Waals surface area contributed by atoms with Gasteiger partial charge in [-0.05, 0) is 35.2 Å². The minimum absolute atomic E-state index is 0.0265. The second-order valence-corrected chi connectivity index (χ2v) is 7.90. The molecule has 0 spiro atoms. The van der Waals surface area contributed by atoms with Crippen molar-refractivity contribution in [3.63, 3.8) is 0 Å². The molecule has 1 fully saturated rings. The van der Waals surface area contributed by atoms with Crippen LogP contribution >= 0.6 is 0 Å². The van der Waals surface area contributed by atoms with Gasteiger partial charge in [0.1, 0.15) is 0 Å². The Kier molecular flexibility index (Phi) is 5.49. The monoisotopic (exact) mass is 365 g/mol. The summed E-state index contributed by atoms with van der Waals surface area (Å²) in [6.45, 7) is 8.62. The van der Waals surface area contributed by atoms with Gasteiger partial charge in [0.15, 0.2) is 0 Å². The van der Waals surface area contributed by atoms with E-state index in [0.717, 1.165) is 5.69 Å². The summed E-state index contributed by atoms with van der Waals surface area (Å²) in [6, 6.07) is 17.1. The zero-order chi connectivity index (χ0) is 19.4. The van der Waals surface area contributed by atoms with Crippen molar-refractivity contribution in [1.29, 1.82) is 0 Å². The summed E-state index contributed by atoms with van der Waals surface area (Å²) in [7, 11) is 0. The topological polar surface area (TPSA) is 52.7 Å². The zero-order valence-electron chi connectivity index (χ0n) is 16.2. The maximum atomic E-state index is 12.7. The van der Waals surface area contributed by atoms with Crippen LogP contribution in [0.1, 0.15) is 36.7 Å². The Morgan fingerprint density at radius 2 is 1.37 bits per heavy atom. The van der Waals surface area contributed by atoms with Crippen LogP contribution in [0.2, 0.25) is 0 Å². The van der Waals surface area contributed by atoms with E-state index >= 15 is 0 Å². The number of anilines is 1. The van der Waals surface area contributed by atoms with Crippen LogP contribution in [-0.4, -0.2) is 47.9 Å². The number of rotatable bonds is 2. The normalized spacial score (nSPS) is 14.8. The molecule has 2 aromatic carbocycles. The second kappa shape index (κ2) is 7.82. The molecule has 3 amide bonds. The molecule has 3 rings (SSSR count). The van der Waals surface area contributed by atoms with Crippen molar-refractivity contribution in [3.05, 3.63) is 65.7 Å². The molecule has 5 nitrogen and oxygen atoms in total. The highest BCUT2D eigenvalue weighted by Gasteiger charge is 2.25. The van der Waals surface area contributed by atoms with Crippen molar-refractivity contribution in [1.82, 2.24) is 9.80 Å². The lowest BCUT2D eigenvalue weighted by Gasteiger charge is -2.34. The van der Waals surface area contributed by atoms with Crippen LogP contribution in [0.3, 0.4) is 0 Å². The van der Waals surface area contributed by atoms with Gasteiger partial charge in [0.2, 0.25) is 0 Å². The van der Waals surface area contributed by atoms with Gasteiger partial charge in [0.05, 0.1) is 0 Å². The average molecular weight is 365 g/mol. The van der Waals surface area contributed by atoms with Crippen LogP contribution in [0.15, 0.2) is 54.6 Å². The third-order valence-electron chi connectivity index (χ3n) is 4.88. The summed E-state index contributed by atoms with van der Waals surface area (Å²) in [6.07, 6.45) is 0. The lowest BCUT2D eigenvalue weighted by atomic mass is 9.86. The first-order valence-electron chi connectivity index (χ1n) is 9.35. The molecule has 1 aliphatic heterocycles. The number of benzene rings is 2. The highest BCUT2D eigenvalue weighted by atomic mass is 16.2. The highest BCUT2D eigenvalue weighted by molar-refractivity contribution is 5.94. The minimum Gasteiger partial charge on any atom is -0.335 e. The lowest BCUT2D eigenvalue weighted by molar-refractivity contribution is 0.0671. The van der Waals surface area contributed by atoms with Crippen molar-refractivity contribution in [2.75, 3.05) is 31.5 Å². The number of nitrogens with one attached hydrogen (secondary N) is 1. The largest absolute Gasteiger partial charge is 0.335 e. The van der Waals surface area contributed by atoms with E-state index in [2.05, 4.69) is 26.1 Å². The van der Waals surface area contributed by atoms with Gasteiger partial charge in [0, 0.05) is 37.4 Å². The molecule has 2 aromatic rings. The van der Waals surface area contributed by atoms with Gasteiger partial charge in [-0.25, -0.2) is 4.79 Å². The molecule has 0 aromatic heterocycles. The van der Waals surface area contributed by atoms with Crippen LogP contribution < -0.4 is 5.32 Å². The number of hydrogen-bond donors (Lipinski definition) is 1. The summed E-state index contributed by atoms with van der Waals surface area (Å²) in [5.74, 6) is 0.0265. The second-order valence-electron chi connectivity index (χ2n) is 7.90. The van der Waals surface area contributed by atoms with Crippen LogP contribution in [0, 0.1) is 0 Å². The van der Waals surface area contributed by atoms with Gasteiger partial charge in [-0.2, -0.15) is 0 Å². The number of para-hydroxylation sites is 1. The Balaban J connectivity index is 1.55. The Morgan fingerprint density at radius 3 is 1.93 bits per heavy atom. The van der Waals surface area contributed by atoms with Gasteiger partial charge < -0.3 is 15.1 Å². The maximum absolute atomic E-state index is 12.7. The molecule has 1 saturated heterocycles. The van der Waals surface area contributed by atoms with E-state index in [4.69, 9.17) is 0 Å². The smallest absolute Gasteiger partial charge is 0.321 e. The summed E-state index contributed by atoms with van der Waals surface area (Å²) in [5.41, 5.74) is 2.76. The van der Waals surface area contributed by atoms with E-state index in [1.54, 1.807) is 4.90 Å². The molecule has 142 valence electrons. The molecule has 0 atom stereocenters. The summed E-state index contributed by atoms with van der Waals surface area (Å²) < 4.78 is 0. The van der Waals surface area contributed by atoms with Crippen molar-refractivity contribution < 1.29 is 9.59 Å². The fraction of sp³-hybridized carbons (Fsp3) is 0.364. The molecular weight excluding hydrogens is 338 g/mol. The third kappa shape index (κ3) is 4.67. The SMILES string of the molecule is CC(C)(C)c1ccc(C(=O)N2CCN(C(=O)Nc3ccccc3)CC2)cc1. The van der Waals surface area contributed by atoms with E-state index in [-0.39, 0.29) is 17.4 Å². The Morgan fingerprint density at radius 1 is 0.815 bits per heavy atom. The highest BCUT2D eigenvalue weighted by Crippen LogP contribution is 2.22. The molecule has 1 aliphatic rings. The average Bonchev–Trinajstić information content (AvgIpc) is 2.68. The van der Waals surface area contributed by atoms with Crippen molar-refractivity contribution >= 4 is 17.6 Å². The van der Waals surface area contributed by atoms with E-state index in [1.807, 2.05) is 59.5 Å². The molecule has 27 heavy (non-hydrogen) atoms. The molecular formula is C22H27N3O2. The van der Waals surface area contributed by atoms with Gasteiger partial charge in [-0.1, -0.05) is 51.1 Å². The summed E-state index contributed by atoms with van der Waals surface area (Å²) in [4.78, 5) is 28.7. The predicted octanol–water partition coefficient (Wildman–Crippen LogP) is 3.97. The van der Waals surface area contributed by atoms with E-state index in [1.165, 1.54) is 5.56 Å². The fourth-order valence-corrected chi connectivity index (χ4v) is 3.13. The van der Waals surface area contributed by atoms with Crippen molar-refractivity contribution in [3.8, 4) is 0 Å².